The van der Waals surface area contributed by atoms with Crippen LogP contribution in [0.4, 0.5) is 0 Å². The van der Waals surface area contributed by atoms with Crippen molar-refractivity contribution in [2.45, 2.75) is 32.0 Å². The van der Waals surface area contributed by atoms with Gasteiger partial charge < -0.3 is 13.9 Å². The lowest BCUT2D eigenvalue weighted by molar-refractivity contribution is 0.116. The van der Waals surface area contributed by atoms with Gasteiger partial charge in [-0.15, -0.1) is 0 Å². The second kappa shape index (κ2) is 6.54. The van der Waals surface area contributed by atoms with E-state index in [0.29, 0.717) is 6.10 Å². The Labute approximate surface area is 82.1 Å². The van der Waals surface area contributed by atoms with Gasteiger partial charge in [-0.1, -0.05) is 0 Å². The fourth-order valence-corrected chi connectivity index (χ4v) is 2.70. The summed E-state index contributed by atoms with van der Waals surface area (Å²) in [5.41, 5.74) is 0. The summed E-state index contributed by atoms with van der Waals surface area (Å²) in [5, 5.41) is 0. The molecule has 0 bridgehead atoms. The molecule has 1 fully saturated rings. The summed E-state index contributed by atoms with van der Waals surface area (Å²) >= 11 is 0. The molecule has 0 saturated carbocycles. The second-order valence-corrected chi connectivity index (χ2v) is 5.97. The van der Waals surface area contributed by atoms with Gasteiger partial charge >= 0.3 is 0 Å². The van der Waals surface area contributed by atoms with Crippen LogP contribution < -0.4 is 0 Å². The lowest BCUT2D eigenvalue weighted by Gasteiger charge is -2.09. The molecule has 78 valence electrons. The van der Waals surface area contributed by atoms with Crippen LogP contribution >= 0.6 is 0 Å². The molecule has 1 rings (SSSR count). The third-order valence-electron chi connectivity index (χ3n) is 2.06. The van der Waals surface area contributed by atoms with E-state index in [1.807, 2.05) is 0 Å². The highest BCUT2D eigenvalue weighted by atomic mass is 28.3. The van der Waals surface area contributed by atoms with Gasteiger partial charge in [-0.3, -0.25) is 0 Å². The molecule has 0 amide bonds. The number of ether oxygens (including phenoxy) is 2. The molecule has 1 saturated heterocycles. The highest BCUT2D eigenvalue weighted by Gasteiger charge is 2.21. The van der Waals surface area contributed by atoms with Gasteiger partial charge in [-0.05, 0) is 25.9 Å². The Morgan fingerprint density at radius 2 is 2.31 bits per heavy atom. The molecule has 2 unspecified atom stereocenters. The minimum atomic E-state index is -0.865. The first-order chi connectivity index (χ1) is 6.33. The first-order valence-corrected chi connectivity index (χ1v) is 7.58. The maximum absolute atomic E-state index is 5.54. The summed E-state index contributed by atoms with van der Waals surface area (Å²) < 4.78 is 16.0. The van der Waals surface area contributed by atoms with Crippen molar-refractivity contribution in [3.05, 3.63) is 0 Å². The molecule has 0 aliphatic carbocycles. The molecule has 1 aliphatic heterocycles. The number of rotatable bonds is 8. The standard InChI is InChI=1S/C9H20O3Si/c1-3-12-13(2)6-4-5-10-7-9-8-11-9/h9,13H,3-8H2,1-2H3. The van der Waals surface area contributed by atoms with Crippen LogP contribution in [-0.2, 0) is 13.9 Å². The molecule has 13 heavy (non-hydrogen) atoms. The fraction of sp³-hybridized carbons (Fsp3) is 1.00. The van der Waals surface area contributed by atoms with Crippen molar-refractivity contribution in [3.8, 4) is 0 Å². The number of hydrogen-bond donors (Lipinski definition) is 0. The molecule has 3 nitrogen and oxygen atoms in total. The Kier molecular flexibility index (Phi) is 5.62. The Hall–Kier alpha value is 0.0969. The van der Waals surface area contributed by atoms with Crippen LogP contribution in [0.5, 0.6) is 0 Å². The Bertz CT molecular complexity index is 128. The van der Waals surface area contributed by atoms with Crippen molar-refractivity contribution < 1.29 is 13.9 Å². The largest absolute Gasteiger partial charge is 0.421 e. The third kappa shape index (κ3) is 6.21. The predicted octanol–water partition coefficient (Wildman–Crippen LogP) is 1.18. The van der Waals surface area contributed by atoms with E-state index in [2.05, 4.69) is 13.5 Å². The van der Waals surface area contributed by atoms with Crippen LogP contribution in [-0.4, -0.2) is 41.6 Å². The van der Waals surface area contributed by atoms with Gasteiger partial charge in [0.25, 0.3) is 0 Å². The van der Waals surface area contributed by atoms with Gasteiger partial charge in [0, 0.05) is 13.2 Å². The Balaban J connectivity index is 1.76. The average Bonchev–Trinajstić information content (AvgIpc) is 2.88. The summed E-state index contributed by atoms with van der Waals surface area (Å²) in [4.78, 5) is 0. The summed E-state index contributed by atoms with van der Waals surface area (Å²) in [6.45, 7) is 7.71. The zero-order valence-electron chi connectivity index (χ0n) is 8.62. The summed E-state index contributed by atoms with van der Waals surface area (Å²) in [6, 6.07) is 1.22. The van der Waals surface area contributed by atoms with E-state index in [9.17, 15) is 0 Å². The molecule has 0 spiro atoms. The highest BCUT2D eigenvalue weighted by molar-refractivity contribution is 6.50. The fourth-order valence-electron chi connectivity index (χ4n) is 1.22. The minimum Gasteiger partial charge on any atom is -0.421 e. The monoisotopic (exact) mass is 204 g/mol. The van der Waals surface area contributed by atoms with Gasteiger partial charge in [0.05, 0.1) is 13.2 Å². The van der Waals surface area contributed by atoms with E-state index in [1.54, 1.807) is 0 Å². The van der Waals surface area contributed by atoms with Crippen molar-refractivity contribution in [2.75, 3.05) is 26.4 Å². The summed E-state index contributed by atoms with van der Waals surface area (Å²) in [7, 11) is -0.865. The van der Waals surface area contributed by atoms with Crippen molar-refractivity contribution in [2.24, 2.45) is 0 Å². The Morgan fingerprint density at radius 1 is 1.54 bits per heavy atom. The molecule has 2 atom stereocenters. The predicted molar refractivity (Wildman–Crippen MR) is 54.6 cm³/mol. The number of hydrogen-bond acceptors (Lipinski definition) is 3. The molecule has 0 N–H and O–H groups in total. The normalized spacial score (nSPS) is 23.1. The van der Waals surface area contributed by atoms with E-state index >= 15 is 0 Å². The molecule has 4 heteroatoms. The quantitative estimate of drug-likeness (QED) is 0.338. The van der Waals surface area contributed by atoms with E-state index in [0.717, 1.165) is 32.8 Å². The molecule has 0 aromatic heterocycles. The van der Waals surface area contributed by atoms with E-state index in [1.165, 1.54) is 6.04 Å². The van der Waals surface area contributed by atoms with Gasteiger partial charge in [0.15, 0.2) is 9.04 Å². The Morgan fingerprint density at radius 3 is 2.92 bits per heavy atom. The lowest BCUT2D eigenvalue weighted by Crippen LogP contribution is -2.14. The van der Waals surface area contributed by atoms with Crippen molar-refractivity contribution >= 4 is 9.04 Å². The van der Waals surface area contributed by atoms with E-state index in [-0.39, 0.29) is 0 Å². The topological polar surface area (TPSA) is 31.0 Å². The van der Waals surface area contributed by atoms with Crippen LogP contribution in [0.1, 0.15) is 13.3 Å². The zero-order chi connectivity index (χ0) is 9.52. The van der Waals surface area contributed by atoms with E-state index < -0.39 is 9.04 Å². The third-order valence-corrected chi connectivity index (χ3v) is 4.18. The first-order valence-electron chi connectivity index (χ1n) is 5.14. The minimum absolute atomic E-state index is 0.404. The van der Waals surface area contributed by atoms with Crippen molar-refractivity contribution in [1.82, 2.24) is 0 Å². The second-order valence-electron chi connectivity index (χ2n) is 3.44. The summed E-state index contributed by atoms with van der Waals surface area (Å²) in [6.07, 6.45) is 1.54. The van der Waals surface area contributed by atoms with Crippen LogP contribution in [0, 0.1) is 0 Å². The van der Waals surface area contributed by atoms with Crippen LogP contribution in [0.25, 0.3) is 0 Å². The summed E-state index contributed by atoms with van der Waals surface area (Å²) in [5.74, 6) is 0. The smallest absolute Gasteiger partial charge is 0.173 e. The molecule has 0 aromatic rings. The molecule has 0 aromatic carbocycles. The van der Waals surface area contributed by atoms with Crippen LogP contribution in [0.15, 0.2) is 0 Å². The first kappa shape index (κ1) is 11.2. The van der Waals surface area contributed by atoms with Gasteiger partial charge in [-0.2, -0.15) is 0 Å². The van der Waals surface area contributed by atoms with Crippen molar-refractivity contribution in [3.63, 3.8) is 0 Å². The molecular weight excluding hydrogens is 184 g/mol. The molecule has 0 radical (unpaired) electrons. The van der Waals surface area contributed by atoms with Crippen LogP contribution in [0.3, 0.4) is 0 Å². The molecular formula is C9H20O3Si. The maximum atomic E-state index is 5.54. The number of epoxide rings is 1. The highest BCUT2D eigenvalue weighted by Crippen LogP contribution is 2.09. The van der Waals surface area contributed by atoms with Gasteiger partial charge in [-0.25, -0.2) is 0 Å². The SMILES string of the molecule is CCO[SiH](C)CCCOCC1CO1. The maximum Gasteiger partial charge on any atom is 0.173 e. The zero-order valence-corrected chi connectivity index (χ0v) is 9.78. The van der Waals surface area contributed by atoms with Gasteiger partial charge in [0.2, 0.25) is 0 Å². The lowest BCUT2D eigenvalue weighted by atomic mass is 10.5. The molecule has 1 aliphatic rings. The average molecular weight is 204 g/mol. The van der Waals surface area contributed by atoms with E-state index in [4.69, 9.17) is 13.9 Å². The van der Waals surface area contributed by atoms with Crippen LogP contribution in [0.2, 0.25) is 12.6 Å². The van der Waals surface area contributed by atoms with Gasteiger partial charge in [0.1, 0.15) is 6.10 Å². The van der Waals surface area contributed by atoms with Crippen molar-refractivity contribution in [1.29, 1.82) is 0 Å². The molecule has 1 heterocycles.